The summed E-state index contributed by atoms with van der Waals surface area (Å²) in [4.78, 5) is 6.99. The summed E-state index contributed by atoms with van der Waals surface area (Å²) in [6.45, 7) is 4.29. The van der Waals surface area contributed by atoms with E-state index in [2.05, 4.69) is 9.97 Å². The molecule has 0 aromatic carbocycles. The average molecular weight is 300 g/mol. The van der Waals surface area contributed by atoms with Crippen molar-refractivity contribution in [2.24, 2.45) is 5.73 Å². The van der Waals surface area contributed by atoms with Crippen LogP contribution in [0.3, 0.4) is 0 Å². The monoisotopic (exact) mass is 300 g/mol. The minimum absolute atomic E-state index is 0.0539. The molecule has 0 bridgehead atoms. The van der Waals surface area contributed by atoms with Gasteiger partial charge in [-0.25, -0.2) is 13.4 Å². The molecular weight excluding hydrogens is 276 g/mol. The molecule has 0 unspecified atom stereocenters. The minimum atomic E-state index is -3.48. The first kappa shape index (κ1) is 15.5. The average Bonchev–Trinajstić information content (AvgIpc) is 2.91. The molecule has 0 radical (unpaired) electrons. The third kappa shape index (κ3) is 3.05. The van der Waals surface area contributed by atoms with E-state index in [1.807, 2.05) is 13.8 Å². The van der Waals surface area contributed by atoms with Crippen molar-refractivity contribution in [3.05, 3.63) is 12.0 Å². The van der Waals surface area contributed by atoms with Gasteiger partial charge in [0, 0.05) is 25.0 Å². The molecule has 0 saturated heterocycles. The predicted octanol–water partition coefficient (Wildman–Crippen LogP) is 1.25. The van der Waals surface area contributed by atoms with Crippen molar-refractivity contribution in [1.82, 2.24) is 14.3 Å². The van der Waals surface area contributed by atoms with E-state index in [1.54, 1.807) is 4.31 Å². The molecule has 20 heavy (non-hydrogen) atoms. The number of imidazole rings is 1. The second-order valence-corrected chi connectivity index (χ2v) is 7.18. The van der Waals surface area contributed by atoms with Gasteiger partial charge in [0.25, 0.3) is 10.0 Å². The Labute approximate surface area is 120 Å². The Morgan fingerprint density at radius 3 is 2.50 bits per heavy atom. The van der Waals surface area contributed by atoms with Crippen molar-refractivity contribution in [1.29, 1.82) is 0 Å². The van der Waals surface area contributed by atoms with Gasteiger partial charge in [-0.05, 0) is 25.7 Å². The molecule has 3 N–H and O–H groups in total. The molecule has 0 aliphatic heterocycles. The lowest BCUT2D eigenvalue weighted by molar-refractivity contribution is 0.246. The van der Waals surface area contributed by atoms with Crippen LogP contribution in [0.25, 0.3) is 0 Å². The number of aromatic nitrogens is 2. The van der Waals surface area contributed by atoms with Crippen LogP contribution < -0.4 is 5.73 Å². The number of aryl methyl sites for hydroxylation is 1. The molecule has 0 amide bonds. The fourth-order valence-electron chi connectivity index (χ4n) is 2.79. The molecule has 6 nitrogen and oxygen atoms in total. The molecule has 1 aliphatic rings. The fraction of sp³-hybridized carbons (Fsp3) is 0.769. The Hall–Kier alpha value is -0.920. The molecule has 1 fully saturated rings. The van der Waals surface area contributed by atoms with Gasteiger partial charge in [-0.3, -0.25) is 0 Å². The van der Waals surface area contributed by atoms with E-state index in [0.717, 1.165) is 25.7 Å². The van der Waals surface area contributed by atoms with E-state index in [0.29, 0.717) is 18.8 Å². The van der Waals surface area contributed by atoms with Gasteiger partial charge in [-0.1, -0.05) is 13.8 Å². The first-order valence-corrected chi connectivity index (χ1v) is 8.74. The van der Waals surface area contributed by atoms with Gasteiger partial charge in [-0.2, -0.15) is 4.31 Å². The topological polar surface area (TPSA) is 92.1 Å². The van der Waals surface area contributed by atoms with Gasteiger partial charge in [0.2, 0.25) is 0 Å². The van der Waals surface area contributed by atoms with Crippen LogP contribution in [0, 0.1) is 0 Å². The summed E-state index contributed by atoms with van der Waals surface area (Å²) < 4.78 is 27.0. The highest BCUT2D eigenvalue weighted by atomic mass is 32.2. The number of nitrogens with zero attached hydrogens (tertiary/aromatic N) is 2. The molecular formula is C13H24N4O2S. The van der Waals surface area contributed by atoms with Gasteiger partial charge in [0.05, 0.1) is 6.20 Å². The zero-order valence-corrected chi connectivity index (χ0v) is 13.0. The Balaban J connectivity index is 2.21. The van der Waals surface area contributed by atoms with E-state index in [-0.39, 0.29) is 17.1 Å². The Kier molecular flexibility index (Phi) is 4.82. The summed E-state index contributed by atoms with van der Waals surface area (Å²) in [6.07, 6.45) is 5.57. The molecule has 0 spiro atoms. The Bertz CT molecular complexity index is 532. The normalized spacial score (nSPS) is 24.2. The highest BCUT2D eigenvalue weighted by Gasteiger charge is 2.33. The summed E-state index contributed by atoms with van der Waals surface area (Å²) in [5.41, 5.74) is 5.90. The molecule has 114 valence electrons. The van der Waals surface area contributed by atoms with E-state index < -0.39 is 10.0 Å². The van der Waals surface area contributed by atoms with E-state index >= 15 is 0 Å². The summed E-state index contributed by atoms with van der Waals surface area (Å²) in [7, 11) is -3.48. The smallest absolute Gasteiger partial charge is 0.260 e. The zero-order valence-electron chi connectivity index (χ0n) is 12.2. The maximum absolute atomic E-state index is 12.7. The van der Waals surface area contributed by atoms with Crippen LogP contribution >= 0.6 is 0 Å². The SMILES string of the molecule is CCc1ncc(S(=O)(=O)N(CC)C2CCC(N)CC2)[nH]1. The van der Waals surface area contributed by atoms with Crippen LogP contribution in [-0.2, 0) is 16.4 Å². The highest BCUT2D eigenvalue weighted by molar-refractivity contribution is 7.89. The van der Waals surface area contributed by atoms with Crippen molar-refractivity contribution in [3.63, 3.8) is 0 Å². The molecule has 2 rings (SSSR count). The highest BCUT2D eigenvalue weighted by Crippen LogP contribution is 2.26. The van der Waals surface area contributed by atoms with Crippen molar-refractivity contribution < 1.29 is 8.42 Å². The molecule has 1 heterocycles. The third-order valence-corrected chi connectivity index (χ3v) is 5.92. The number of aromatic amines is 1. The quantitative estimate of drug-likeness (QED) is 0.856. The van der Waals surface area contributed by atoms with Crippen LogP contribution in [0.15, 0.2) is 11.2 Å². The second-order valence-electron chi connectivity index (χ2n) is 5.32. The van der Waals surface area contributed by atoms with Gasteiger partial charge < -0.3 is 10.7 Å². The minimum Gasteiger partial charge on any atom is -0.332 e. The van der Waals surface area contributed by atoms with Crippen LogP contribution in [-0.4, -0.2) is 41.3 Å². The predicted molar refractivity (Wildman–Crippen MR) is 77.8 cm³/mol. The molecule has 1 aromatic rings. The fourth-order valence-corrected chi connectivity index (χ4v) is 4.42. The van der Waals surface area contributed by atoms with Gasteiger partial charge in [0.1, 0.15) is 5.82 Å². The van der Waals surface area contributed by atoms with Crippen LogP contribution in [0.2, 0.25) is 0 Å². The van der Waals surface area contributed by atoms with Crippen LogP contribution in [0.5, 0.6) is 0 Å². The standard InChI is InChI=1S/C13H24N4O2S/c1-3-12-15-9-13(16-12)20(18,19)17(4-2)11-7-5-10(14)6-8-11/h9-11H,3-8,14H2,1-2H3,(H,15,16). The van der Waals surface area contributed by atoms with Gasteiger partial charge in [-0.15, -0.1) is 0 Å². The first-order valence-electron chi connectivity index (χ1n) is 7.30. The first-order chi connectivity index (χ1) is 9.48. The summed E-state index contributed by atoms with van der Waals surface area (Å²) >= 11 is 0. The largest absolute Gasteiger partial charge is 0.332 e. The molecule has 1 saturated carbocycles. The van der Waals surface area contributed by atoms with E-state index in [9.17, 15) is 8.42 Å². The lowest BCUT2D eigenvalue weighted by Crippen LogP contribution is -2.44. The summed E-state index contributed by atoms with van der Waals surface area (Å²) in [6, 6.07) is 0.268. The number of hydrogen-bond acceptors (Lipinski definition) is 4. The number of nitrogens with one attached hydrogen (secondary N) is 1. The lowest BCUT2D eigenvalue weighted by atomic mass is 9.92. The number of H-pyrrole nitrogens is 1. The number of nitrogens with two attached hydrogens (primary N) is 1. The zero-order chi connectivity index (χ0) is 14.8. The van der Waals surface area contributed by atoms with Crippen molar-refractivity contribution in [2.45, 2.75) is 63.1 Å². The maximum Gasteiger partial charge on any atom is 0.260 e. The van der Waals surface area contributed by atoms with Crippen LogP contribution in [0.4, 0.5) is 0 Å². The van der Waals surface area contributed by atoms with Crippen LogP contribution in [0.1, 0.15) is 45.4 Å². The maximum atomic E-state index is 12.7. The lowest BCUT2D eigenvalue weighted by Gasteiger charge is -2.34. The Morgan fingerprint density at radius 1 is 1.35 bits per heavy atom. The van der Waals surface area contributed by atoms with Crippen molar-refractivity contribution >= 4 is 10.0 Å². The van der Waals surface area contributed by atoms with E-state index in [1.165, 1.54) is 6.20 Å². The molecule has 7 heteroatoms. The number of sulfonamides is 1. The molecule has 1 aliphatic carbocycles. The van der Waals surface area contributed by atoms with Gasteiger partial charge in [0.15, 0.2) is 5.03 Å². The second kappa shape index (κ2) is 6.24. The summed E-state index contributed by atoms with van der Waals surface area (Å²) in [5.74, 6) is 0.699. The Morgan fingerprint density at radius 2 is 2.00 bits per heavy atom. The van der Waals surface area contributed by atoms with Crippen molar-refractivity contribution in [2.75, 3.05) is 6.54 Å². The van der Waals surface area contributed by atoms with E-state index in [4.69, 9.17) is 5.73 Å². The molecule has 1 aromatic heterocycles. The number of rotatable bonds is 5. The van der Waals surface area contributed by atoms with Gasteiger partial charge >= 0.3 is 0 Å². The third-order valence-electron chi connectivity index (χ3n) is 3.99. The number of hydrogen-bond donors (Lipinski definition) is 2. The van der Waals surface area contributed by atoms with Crippen molar-refractivity contribution in [3.8, 4) is 0 Å². The summed E-state index contributed by atoms with van der Waals surface area (Å²) in [5, 5.41) is 0.200. The molecule has 0 atom stereocenters.